The molecule has 2 aliphatic rings. The maximum atomic E-state index is 12.5. The van der Waals surface area contributed by atoms with E-state index in [-0.39, 0.29) is 17.6 Å². The van der Waals surface area contributed by atoms with E-state index < -0.39 is 5.60 Å². The number of aryl methyl sites for hydroxylation is 1. The molecule has 1 amide bonds. The lowest BCUT2D eigenvalue weighted by Gasteiger charge is -2.53. The van der Waals surface area contributed by atoms with Crippen molar-refractivity contribution in [3.63, 3.8) is 0 Å². The summed E-state index contributed by atoms with van der Waals surface area (Å²) in [5, 5.41) is 6.89. The third-order valence-corrected chi connectivity index (χ3v) is 5.86. The van der Waals surface area contributed by atoms with Crippen molar-refractivity contribution in [3.8, 4) is 0 Å². The zero-order valence-corrected chi connectivity index (χ0v) is 19.6. The van der Waals surface area contributed by atoms with Crippen LogP contribution in [0.3, 0.4) is 0 Å². The van der Waals surface area contributed by atoms with Crippen LogP contribution in [0.1, 0.15) is 46.9 Å². The SMILES string of the molecule is Cc1nc(NCC2CCN(C)C2)cc(NCC2N(C(=O)OC(C)(C)C)CC2(C)C)n1. The van der Waals surface area contributed by atoms with Gasteiger partial charge in [-0.1, -0.05) is 13.8 Å². The minimum Gasteiger partial charge on any atom is -0.444 e. The number of ether oxygens (including phenoxy) is 1. The highest BCUT2D eigenvalue weighted by atomic mass is 16.6. The van der Waals surface area contributed by atoms with Crippen LogP contribution < -0.4 is 10.6 Å². The van der Waals surface area contributed by atoms with Gasteiger partial charge in [-0.05, 0) is 53.6 Å². The average Bonchev–Trinajstić information content (AvgIpc) is 3.01. The van der Waals surface area contributed by atoms with E-state index in [1.807, 2.05) is 38.7 Å². The molecule has 168 valence electrons. The number of hydrogen-bond donors (Lipinski definition) is 2. The Morgan fingerprint density at radius 3 is 2.40 bits per heavy atom. The quantitative estimate of drug-likeness (QED) is 0.734. The lowest BCUT2D eigenvalue weighted by atomic mass is 9.75. The van der Waals surface area contributed by atoms with Gasteiger partial charge in [-0.3, -0.25) is 0 Å². The molecule has 3 rings (SSSR count). The molecule has 8 nitrogen and oxygen atoms in total. The van der Waals surface area contributed by atoms with Crippen molar-refractivity contribution in [2.45, 2.75) is 59.6 Å². The second kappa shape index (κ2) is 8.57. The van der Waals surface area contributed by atoms with Gasteiger partial charge in [0.15, 0.2) is 0 Å². The number of nitrogens with zero attached hydrogens (tertiary/aromatic N) is 4. The van der Waals surface area contributed by atoms with Crippen LogP contribution in [0, 0.1) is 18.3 Å². The first-order chi connectivity index (χ1) is 13.9. The first-order valence-corrected chi connectivity index (χ1v) is 10.9. The van der Waals surface area contributed by atoms with Crippen LogP contribution in [-0.4, -0.2) is 77.3 Å². The fraction of sp³-hybridized carbons (Fsp3) is 0.773. The normalized spacial score (nSPS) is 23.8. The molecule has 2 saturated heterocycles. The highest BCUT2D eigenvalue weighted by Crippen LogP contribution is 2.38. The summed E-state index contributed by atoms with van der Waals surface area (Å²) < 4.78 is 5.56. The van der Waals surface area contributed by atoms with Crippen molar-refractivity contribution >= 4 is 17.7 Å². The van der Waals surface area contributed by atoms with E-state index in [1.54, 1.807) is 0 Å². The number of nitrogens with one attached hydrogen (secondary N) is 2. The molecule has 2 aliphatic heterocycles. The van der Waals surface area contributed by atoms with Crippen LogP contribution >= 0.6 is 0 Å². The van der Waals surface area contributed by atoms with Gasteiger partial charge in [-0.2, -0.15) is 0 Å². The molecular formula is C22H38N6O2. The Kier molecular flexibility index (Phi) is 6.45. The number of amides is 1. The molecule has 1 aromatic heterocycles. The number of anilines is 2. The summed E-state index contributed by atoms with van der Waals surface area (Å²) in [7, 11) is 2.17. The Labute approximate surface area is 180 Å². The fourth-order valence-corrected chi connectivity index (χ4v) is 4.25. The first-order valence-electron chi connectivity index (χ1n) is 10.9. The minimum absolute atomic E-state index is 0.0293. The van der Waals surface area contributed by atoms with Crippen molar-refractivity contribution in [2.75, 3.05) is 50.4 Å². The van der Waals surface area contributed by atoms with Crippen molar-refractivity contribution in [2.24, 2.45) is 11.3 Å². The summed E-state index contributed by atoms with van der Waals surface area (Å²) in [6, 6.07) is 2.00. The lowest BCUT2D eigenvalue weighted by Crippen LogP contribution is -2.66. The Morgan fingerprint density at radius 1 is 1.23 bits per heavy atom. The van der Waals surface area contributed by atoms with Gasteiger partial charge >= 0.3 is 6.09 Å². The highest BCUT2D eigenvalue weighted by Gasteiger charge is 2.49. The van der Waals surface area contributed by atoms with Crippen LogP contribution in [0.4, 0.5) is 16.4 Å². The summed E-state index contributed by atoms with van der Waals surface area (Å²) in [6.07, 6.45) is 0.965. The van der Waals surface area contributed by atoms with Gasteiger partial charge < -0.3 is 25.2 Å². The molecule has 1 aromatic rings. The molecular weight excluding hydrogens is 380 g/mol. The van der Waals surface area contributed by atoms with E-state index in [2.05, 4.69) is 46.4 Å². The molecule has 2 N–H and O–H groups in total. The molecule has 0 radical (unpaired) electrons. The fourth-order valence-electron chi connectivity index (χ4n) is 4.25. The summed E-state index contributed by atoms with van der Waals surface area (Å²) in [5.74, 6) is 3.00. The summed E-state index contributed by atoms with van der Waals surface area (Å²) in [5.41, 5.74) is -0.463. The van der Waals surface area contributed by atoms with E-state index in [9.17, 15) is 4.79 Å². The molecule has 0 aromatic carbocycles. The number of carbonyl (C=O) groups excluding carboxylic acids is 1. The second-order valence-electron chi connectivity index (χ2n) is 10.5. The predicted molar refractivity (Wildman–Crippen MR) is 120 cm³/mol. The maximum absolute atomic E-state index is 12.5. The largest absolute Gasteiger partial charge is 0.444 e. The van der Waals surface area contributed by atoms with Gasteiger partial charge in [0.1, 0.15) is 23.1 Å². The summed E-state index contributed by atoms with van der Waals surface area (Å²) in [6.45, 7) is 16.5. The molecule has 2 unspecified atom stereocenters. The standard InChI is InChI=1S/C22H38N6O2/c1-15-25-18(23-11-16-8-9-27(7)13-16)10-19(26-15)24-12-17-22(5,6)14-28(17)20(29)30-21(2,3)4/h10,16-17H,8-9,11-14H2,1-7H3,(H2,23,24,25,26). The van der Waals surface area contributed by atoms with E-state index in [1.165, 1.54) is 6.42 Å². The molecule has 8 heteroatoms. The highest BCUT2D eigenvalue weighted by molar-refractivity contribution is 5.70. The van der Waals surface area contributed by atoms with Gasteiger partial charge in [0.2, 0.25) is 0 Å². The Balaban J connectivity index is 1.58. The van der Waals surface area contributed by atoms with Crippen LogP contribution in [0.25, 0.3) is 0 Å². The van der Waals surface area contributed by atoms with Crippen LogP contribution in [0.5, 0.6) is 0 Å². The van der Waals surface area contributed by atoms with Gasteiger partial charge in [0.05, 0.1) is 6.04 Å². The molecule has 2 fully saturated rings. The molecule has 0 saturated carbocycles. The van der Waals surface area contributed by atoms with Gasteiger partial charge in [-0.15, -0.1) is 0 Å². The lowest BCUT2D eigenvalue weighted by molar-refractivity contribution is -0.0590. The zero-order valence-electron chi connectivity index (χ0n) is 19.6. The maximum Gasteiger partial charge on any atom is 0.410 e. The Bertz CT molecular complexity index is 760. The third kappa shape index (κ3) is 5.74. The van der Waals surface area contributed by atoms with Crippen LogP contribution in [0.2, 0.25) is 0 Å². The topological polar surface area (TPSA) is 82.6 Å². The molecule has 0 bridgehead atoms. The second-order valence-corrected chi connectivity index (χ2v) is 10.5. The number of aromatic nitrogens is 2. The van der Waals surface area contributed by atoms with E-state index in [0.717, 1.165) is 37.1 Å². The number of carbonyl (C=O) groups is 1. The molecule has 0 spiro atoms. The number of rotatable bonds is 6. The summed E-state index contributed by atoms with van der Waals surface area (Å²) >= 11 is 0. The van der Waals surface area contributed by atoms with Crippen molar-refractivity contribution in [1.82, 2.24) is 19.8 Å². The van der Waals surface area contributed by atoms with Crippen LogP contribution in [0.15, 0.2) is 6.07 Å². The Hall–Kier alpha value is -2.09. The monoisotopic (exact) mass is 418 g/mol. The van der Waals surface area contributed by atoms with Gasteiger partial charge in [-0.25, -0.2) is 14.8 Å². The molecule has 0 aliphatic carbocycles. The average molecular weight is 419 g/mol. The van der Waals surface area contributed by atoms with Crippen molar-refractivity contribution < 1.29 is 9.53 Å². The van der Waals surface area contributed by atoms with Crippen molar-refractivity contribution in [1.29, 1.82) is 0 Å². The summed E-state index contributed by atoms with van der Waals surface area (Å²) in [4.78, 5) is 25.8. The van der Waals surface area contributed by atoms with Crippen LogP contribution in [-0.2, 0) is 4.74 Å². The van der Waals surface area contributed by atoms with Gasteiger partial charge in [0.25, 0.3) is 0 Å². The molecule has 30 heavy (non-hydrogen) atoms. The third-order valence-electron chi connectivity index (χ3n) is 5.86. The number of likely N-dealkylation sites (tertiary alicyclic amines) is 2. The minimum atomic E-state index is -0.493. The zero-order chi connectivity index (χ0) is 22.1. The van der Waals surface area contributed by atoms with Gasteiger partial charge in [0, 0.05) is 37.7 Å². The van der Waals surface area contributed by atoms with E-state index in [0.29, 0.717) is 19.0 Å². The smallest absolute Gasteiger partial charge is 0.410 e. The number of hydrogen-bond acceptors (Lipinski definition) is 7. The molecule has 3 heterocycles. The predicted octanol–water partition coefficient (Wildman–Crippen LogP) is 3.21. The first kappa shape index (κ1) is 22.6. The molecule has 2 atom stereocenters. The van der Waals surface area contributed by atoms with E-state index >= 15 is 0 Å². The Morgan fingerprint density at radius 2 is 1.87 bits per heavy atom. The van der Waals surface area contributed by atoms with Crippen molar-refractivity contribution in [3.05, 3.63) is 11.9 Å². The van der Waals surface area contributed by atoms with E-state index in [4.69, 9.17) is 4.74 Å².